The molecular weight excluding hydrogens is 294 g/mol. The molecule has 0 amide bonds. The zero-order chi connectivity index (χ0) is 12.8. The molecule has 1 aliphatic heterocycles. The Kier molecular flexibility index (Phi) is 3.02. The Labute approximate surface area is 116 Å². The first-order chi connectivity index (χ1) is 8.68. The summed E-state index contributed by atoms with van der Waals surface area (Å²) in [7, 11) is 0. The van der Waals surface area contributed by atoms with Crippen LogP contribution in [0, 0.1) is 6.92 Å². The average molecular weight is 312 g/mol. The Hall–Kier alpha value is -0.740. The molecule has 0 radical (unpaired) electrons. The lowest BCUT2D eigenvalue weighted by molar-refractivity contribution is 0.168. The van der Waals surface area contributed by atoms with Crippen molar-refractivity contribution in [3.05, 3.63) is 21.7 Å². The molecular formula is C14H18BrNO2. The molecule has 98 valence electrons. The van der Waals surface area contributed by atoms with Gasteiger partial charge in [-0.25, -0.2) is 0 Å². The Morgan fingerprint density at radius 2 is 2.06 bits per heavy atom. The Bertz CT molecular complexity index is 478. The maximum absolute atomic E-state index is 6.02. The van der Waals surface area contributed by atoms with E-state index in [1.165, 1.54) is 30.4 Å². The average Bonchev–Trinajstić information content (AvgIpc) is 2.32. The molecule has 18 heavy (non-hydrogen) atoms. The largest absolute Gasteiger partial charge is 0.486 e. The van der Waals surface area contributed by atoms with Crippen LogP contribution in [0.4, 0.5) is 0 Å². The number of halogens is 1. The van der Waals surface area contributed by atoms with Crippen molar-refractivity contribution in [2.45, 2.75) is 31.6 Å². The van der Waals surface area contributed by atoms with Gasteiger partial charge in [-0.3, -0.25) is 0 Å². The second-order valence-electron chi connectivity index (χ2n) is 5.22. The predicted molar refractivity (Wildman–Crippen MR) is 74.5 cm³/mol. The second-order valence-corrected chi connectivity index (χ2v) is 6.07. The number of benzene rings is 1. The van der Waals surface area contributed by atoms with Gasteiger partial charge in [0.05, 0.1) is 0 Å². The van der Waals surface area contributed by atoms with E-state index in [4.69, 9.17) is 15.2 Å². The van der Waals surface area contributed by atoms with Crippen LogP contribution >= 0.6 is 15.9 Å². The van der Waals surface area contributed by atoms with E-state index in [0.29, 0.717) is 19.8 Å². The van der Waals surface area contributed by atoms with Crippen molar-refractivity contribution in [3.8, 4) is 11.5 Å². The first-order valence-corrected chi connectivity index (χ1v) is 7.26. The molecule has 1 aromatic rings. The van der Waals surface area contributed by atoms with Gasteiger partial charge in [-0.2, -0.15) is 0 Å². The molecule has 0 saturated heterocycles. The fourth-order valence-corrected chi connectivity index (χ4v) is 4.05. The first-order valence-electron chi connectivity index (χ1n) is 6.47. The highest BCUT2D eigenvalue weighted by Gasteiger charge is 2.41. The van der Waals surface area contributed by atoms with Crippen molar-refractivity contribution >= 4 is 15.9 Å². The van der Waals surface area contributed by atoms with Gasteiger partial charge in [-0.05, 0) is 37.0 Å². The summed E-state index contributed by atoms with van der Waals surface area (Å²) in [5, 5.41) is 0. The highest BCUT2D eigenvalue weighted by molar-refractivity contribution is 9.10. The molecule has 0 aromatic heterocycles. The van der Waals surface area contributed by atoms with Crippen LogP contribution in [0.2, 0.25) is 0 Å². The molecule has 2 aliphatic rings. The third kappa shape index (κ3) is 1.66. The lowest BCUT2D eigenvalue weighted by Crippen LogP contribution is -2.42. The summed E-state index contributed by atoms with van der Waals surface area (Å²) in [6, 6.07) is 2.03. The quantitative estimate of drug-likeness (QED) is 0.913. The molecule has 4 heteroatoms. The molecule has 1 aromatic carbocycles. The molecule has 0 bridgehead atoms. The molecule has 0 spiro atoms. The molecule has 1 saturated carbocycles. The van der Waals surface area contributed by atoms with E-state index in [2.05, 4.69) is 22.9 Å². The summed E-state index contributed by atoms with van der Waals surface area (Å²) >= 11 is 3.69. The molecule has 3 nitrogen and oxygen atoms in total. The normalized spacial score (nSPS) is 20.4. The highest BCUT2D eigenvalue weighted by atomic mass is 79.9. The van der Waals surface area contributed by atoms with E-state index in [9.17, 15) is 0 Å². The lowest BCUT2D eigenvalue weighted by Gasteiger charge is -2.43. The van der Waals surface area contributed by atoms with Crippen molar-refractivity contribution in [3.63, 3.8) is 0 Å². The monoisotopic (exact) mass is 311 g/mol. The number of nitrogens with two attached hydrogens (primary N) is 1. The van der Waals surface area contributed by atoms with Crippen LogP contribution in [-0.4, -0.2) is 19.8 Å². The van der Waals surface area contributed by atoms with Gasteiger partial charge in [-0.15, -0.1) is 0 Å². The van der Waals surface area contributed by atoms with Crippen LogP contribution in [0.5, 0.6) is 11.5 Å². The minimum absolute atomic E-state index is 0.138. The van der Waals surface area contributed by atoms with Gasteiger partial charge in [0.15, 0.2) is 11.5 Å². The van der Waals surface area contributed by atoms with E-state index in [1.54, 1.807) is 0 Å². The van der Waals surface area contributed by atoms with Gasteiger partial charge < -0.3 is 15.2 Å². The van der Waals surface area contributed by atoms with E-state index < -0.39 is 0 Å². The van der Waals surface area contributed by atoms with E-state index in [0.717, 1.165) is 16.0 Å². The summed E-state index contributed by atoms with van der Waals surface area (Å²) in [5.74, 6) is 1.75. The summed E-state index contributed by atoms with van der Waals surface area (Å²) < 4.78 is 12.5. The summed E-state index contributed by atoms with van der Waals surface area (Å²) in [6.45, 7) is 4.07. The van der Waals surface area contributed by atoms with E-state index in [-0.39, 0.29) is 5.41 Å². The topological polar surface area (TPSA) is 44.5 Å². The molecule has 1 heterocycles. The van der Waals surface area contributed by atoms with Crippen LogP contribution in [-0.2, 0) is 5.41 Å². The Balaban J connectivity index is 2.15. The van der Waals surface area contributed by atoms with Crippen molar-refractivity contribution in [1.82, 2.24) is 0 Å². The van der Waals surface area contributed by atoms with Crippen LogP contribution < -0.4 is 15.2 Å². The number of hydrogen-bond donors (Lipinski definition) is 1. The van der Waals surface area contributed by atoms with Gasteiger partial charge in [0, 0.05) is 16.4 Å². The fourth-order valence-electron chi connectivity index (χ4n) is 3.12. The van der Waals surface area contributed by atoms with Crippen molar-refractivity contribution in [2.75, 3.05) is 19.8 Å². The number of fused-ring (bicyclic) bond motifs is 1. The molecule has 1 fully saturated rings. The molecule has 1 aliphatic carbocycles. The van der Waals surface area contributed by atoms with Crippen LogP contribution in [0.3, 0.4) is 0 Å². The molecule has 3 rings (SSSR count). The zero-order valence-electron chi connectivity index (χ0n) is 10.6. The summed E-state index contributed by atoms with van der Waals surface area (Å²) in [5.41, 5.74) is 8.66. The molecule has 0 unspecified atom stereocenters. The maximum Gasteiger partial charge on any atom is 0.164 e. The fraction of sp³-hybridized carbons (Fsp3) is 0.571. The van der Waals surface area contributed by atoms with Gasteiger partial charge in [-0.1, -0.05) is 22.4 Å². The predicted octanol–water partition coefficient (Wildman–Crippen LogP) is 2.91. The SMILES string of the molecule is Cc1c2c(cc(Br)c1C1(CN)CCC1)OCCO2. The smallest absolute Gasteiger partial charge is 0.164 e. The van der Waals surface area contributed by atoms with Gasteiger partial charge in [0.2, 0.25) is 0 Å². The minimum atomic E-state index is 0.138. The van der Waals surface area contributed by atoms with Crippen molar-refractivity contribution in [1.29, 1.82) is 0 Å². The molecule has 0 atom stereocenters. The van der Waals surface area contributed by atoms with Gasteiger partial charge in [0.25, 0.3) is 0 Å². The number of hydrogen-bond acceptors (Lipinski definition) is 3. The lowest BCUT2D eigenvalue weighted by atomic mass is 9.63. The Morgan fingerprint density at radius 1 is 1.33 bits per heavy atom. The molecule has 2 N–H and O–H groups in total. The highest BCUT2D eigenvalue weighted by Crippen LogP contribution is 2.51. The van der Waals surface area contributed by atoms with E-state index in [1.807, 2.05) is 6.07 Å². The third-order valence-corrected chi connectivity index (χ3v) is 4.88. The third-order valence-electron chi connectivity index (χ3n) is 4.26. The van der Waals surface area contributed by atoms with Crippen LogP contribution in [0.1, 0.15) is 30.4 Å². The van der Waals surface area contributed by atoms with Gasteiger partial charge in [0.1, 0.15) is 13.2 Å². The Morgan fingerprint density at radius 3 is 2.67 bits per heavy atom. The zero-order valence-corrected chi connectivity index (χ0v) is 12.2. The van der Waals surface area contributed by atoms with Crippen molar-refractivity contribution in [2.24, 2.45) is 5.73 Å². The number of ether oxygens (including phenoxy) is 2. The van der Waals surface area contributed by atoms with Gasteiger partial charge >= 0.3 is 0 Å². The summed E-state index contributed by atoms with van der Waals surface area (Å²) in [6.07, 6.45) is 3.60. The summed E-state index contributed by atoms with van der Waals surface area (Å²) in [4.78, 5) is 0. The minimum Gasteiger partial charge on any atom is -0.486 e. The van der Waals surface area contributed by atoms with Crippen LogP contribution in [0.15, 0.2) is 10.5 Å². The van der Waals surface area contributed by atoms with E-state index >= 15 is 0 Å². The maximum atomic E-state index is 6.02. The van der Waals surface area contributed by atoms with Crippen molar-refractivity contribution < 1.29 is 9.47 Å². The number of rotatable bonds is 2. The second kappa shape index (κ2) is 4.42. The first kappa shape index (κ1) is 12.3. The van der Waals surface area contributed by atoms with Crippen LogP contribution in [0.25, 0.3) is 0 Å². The standard InChI is InChI=1S/C14H18BrNO2/c1-9-12(14(8-16)3-2-4-14)10(15)7-11-13(9)18-6-5-17-11/h7H,2-6,8,16H2,1H3.